The van der Waals surface area contributed by atoms with Crippen LogP contribution >= 0.6 is 0 Å². The monoisotopic (exact) mass is 815 g/mol. The fourth-order valence-corrected chi connectivity index (χ4v) is 7.61. The number of nitrogens with one attached hydrogen (secondary N) is 1. The summed E-state index contributed by atoms with van der Waals surface area (Å²) in [5.41, 5.74) is 0.214. The van der Waals surface area contributed by atoms with Gasteiger partial charge in [0.05, 0.1) is 76.7 Å². The molecule has 17 nitrogen and oxygen atoms in total. The van der Waals surface area contributed by atoms with Crippen LogP contribution in [0.3, 0.4) is 0 Å². The van der Waals surface area contributed by atoms with Crippen LogP contribution in [0.2, 0.25) is 0 Å². The molecule has 3 aliphatic heterocycles. The first-order chi connectivity index (χ1) is 28.4. The number of morpholine rings is 1. The van der Waals surface area contributed by atoms with E-state index in [-0.39, 0.29) is 53.5 Å². The van der Waals surface area contributed by atoms with Gasteiger partial charge in [-0.25, -0.2) is 18.7 Å². The highest BCUT2D eigenvalue weighted by Gasteiger charge is 2.31. The average Bonchev–Trinajstić information content (AvgIpc) is 3.69. The molecular weight excluding hydrogens is 770 g/mol. The summed E-state index contributed by atoms with van der Waals surface area (Å²) < 4.78 is 49.4. The van der Waals surface area contributed by atoms with Gasteiger partial charge in [-0.1, -0.05) is 4.99 Å². The van der Waals surface area contributed by atoms with Gasteiger partial charge in [-0.2, -0.15) is 4.98 Å². The van der Waals surface area contributed by atoms with E-state index in [2.05, 4.69) is 25.2 Å². The van der Waals surface area contributed by atoms with E-state index < -0.39 is 33.7 Å². The van der Waals surface area contributed by atoms with E-state index >= 15 is 8.78 Å². The lowest BCUT2D eigenvalue weighted by atomic mass is 10.0. The third kappa shape index (κ3) is 8.75. The number of aliphatic imine (C=N–C) groups is 1. The number of aromatic nitrogens is 4. The largest absolute Gasteiger partial charge is 0.494 e. The molecule has 19 heteroatoms. The van der Waals surface area contributed by atoms with Crippen molar-refractivity contribution in [3.8, 4) is 22.6 Å². The van der Waals surface area contributed by atoms with Crippen LogP contribution in [0.15, 0.2) is 70.0 Å². The number of rotatable bonds is 13. The van der Waals surface area contributed by atoms with Crippen LogP contribution in [-0.4, -0.2) is 127 Å². The number of hydrogen-bond acceptors (Lipinski definition) is 13. The molecule has 1 aromatic carbocycles. The standard InChI is InChI=1S/C40H44F2N10O7/c1-52(2,24-25-9-12-43-37(25)51(55)56)17-5-6-33(53)49-13-10-27(11-14-49)50-38-26(20-29(39(50)54)34-35(41)30(57-3)21-31(58-4)36(34)42)22-45-40(47-38)46-32-8-7-28(23-44-32)48-15-18-59-19-16-48/h5-8,12,20-23,27H,9-11,13-19,24H2,1-4H3/p+1/b6-5+. The second-order valence-corrected chi connectivity index (χ2v) is 15.1. The smallest absolute Gasteiger partial charge is 0.368 e. The number of methoxy groups -OCH3 is 2. The molecular formula is C40H45F2N10O7+. The molecule has 1 N–H and O–H groups in total. The number of nitro groups is 1. The van der Waals surface area contributed by atoms with Gasteiger partial charge in [-0.05, 0) is 42.0 Å². The number of carbonyl (C=O) groups excluding carboxylic acids is 1. The summed E-state index contributed by atoms with van der Waals surface area (Å²) in [6, 6.07) is 5.64. The first-order valence-electron chi connectivity index (χ1n) is 19.1. The van der Waals surface area contributed by atoms with E-state index in [1.807, 2.05) is 20.2 Å². The van der Waals surface area contributed by atoms with Crippen LogP contribution in [0.25, 0.3) is 22.2 Å². The maximum absolute atomic E-state index is 15.9. The minimum Gasteiger partial charge on any atom is -0.494 e. The van der Waals surface area contributed by atoms with Gasteiger partial charge in [-0.15, -0.1) is 0 Å². The number of pyridine rings is 2. The second kappa shape index (κ2) is 17.3. The van der Waals surface area contributed by atoms with Crippen molar-refractivity contribution in [1.82, 2.24) is 24.4 Å². The summed E-state index contributed by atoms with van der Waals surface area (Å²) in [5.74, 6) is -2.48. The summed E-state index contributed by atoms with van der Waals surface area (Å²) in [5, 5.41) is 14.8. The molecule has 7 rings (SSSR count). The number of carbonyl (C=O) groups is 1. The Hall–Kier alpha value is -6.34. The Morgan fingerprint density at radius 2 is 1.76 bits per heavy atom. The van der Waals surface area contributed by atoms with Crippen LogP contribution in [0.5, 0.6) is 11.5 Å². The lowest BCUT2D eigenvalue weighted by molar-refractivity contribution is -0.880. The van der Waals surface area contributed by atoms with Crippen LogP contribution in [0.4, 0.5) is 26.2 Å². The molecule has 0 atom stereocenters. The van der Waals surface area contributed by atoms with Gasteiger partial charge in [-0.3, -0.25) is 14.2 Å². The predicted molar refractivity (Wildman–Crippen MR) is 216 cm³/mol. The molecule has 0 spiro atoms. The van der Waals surface area contributed by atoms with Gasteiger partial charge in [0.2, 0.25) is 11.9 Å². The van der Waals surface area contributed by atoms with Crippen molar-refractivity contribution < 1.29 is 37.2 Å². The highest BCUT2D eigenvalue weighted by atomic mass is 19.1. The average molecular weight is 816 g/mol. The summed E-state index contributed by atoms with van der Waals surface area (Å²) in [6.45, 7) is 4.19. The number of amides is 1. The Bertz CT molecular complexity index is 2380. The number of benzene rings is 1. The lowest BCUT2D eigenvalue weighted by Crippen LogP contribution is -2.42. The van der Waals surface area contributed by atoms with Crippen LogP contribution in [0.1, 0.15) is 25.3 Å². The number of likely N-dealkylation sites (tertiary alicyclic amines) is 1. The van der Waals surface area contributed by atoms with E-state index in [4.69, 9.17) is 19.2 Å². The number of anilines is 3. The van der Waals surface area contributed by atoms with Gasteiger partial charge < -0.3 is 43.9 Å². The van der Waals surface area contributed by atoms with Gasteiger partial charge in [0, 0.05) is 62.4 Å². The summed E-state index contributed by atoms with van der Waals surface area (Å²) in [4.78, 5) is 60.2. The van der Waals surface area contributed by atoms with E-state index in [1.54, 1.807) is 23.2 Å². The maximum Gasteiger partial charge on any atom is 0.368 e. The number of likely N-dealkylation sites (N-methyl/N-ethyl adjacent to an activating group) is 1. The van der Waals surface area contributed by atoms with Crippen molar-refractivity contribution in [2.75, 3.05) is 91.0 Å². The molecule has 0 unspecified atom stereocenters. The molecule has 0 radical (unpaired) electrons. The maximum atomic E-state index is 15.9. The number of piperidine rings is 1. The molecule has 0 bridgehead atoms. The Labute approximate surface area is 338 Å². The number of fused-ring (bicyclic) bond motifs is 1. The zero-order valence-corrected chi connectivity index (χ0v) is 33.2. The highest BCUT2D eigenvalue weighted by molar-refractivity contribution is 5.87. The van der Waals surface area contributed by atoms with Crippen molar-refractivity contribution in [1.29, 1.82) is 0 Å². The third-order valence-electron chi connectivity index (χ3n) is 10.6. The van der Waals surface area contributed by atoms with Crippen molar-refractivity contribution in [3.63, 3.8) is 0 Å². The Kier molecular flexibility index (Phi) is 11.9. The van der Waals surface area contributed by atoms with Crippen molar-refractivity contribution in [2.24, 2.45) is 4.99 Å². The predicted octanol–water partition coefficient (Wildman–Crippen LogP) is 4.49. The van der Waals surface area contributed by atoms with Crippen molar-refractivity contribution >= 4 is 40.6 Å². The molecule has 3 aliphatic rings. The number of hydrogen-bond donors (Lipinski definition) is 1. The molecule has 3 aromatic heterocycles. The molecule has 0 saturated carbocycles. The fourth-order valence-electron chi connectivity index (χ4n) is 7.61. The summed E-state index contributed by atoms with van der Waals surface area (Å²) >= 11 is 0. The van der Waals surface area contributed by atoms with E-state index in [1.165, 1.54) is 43.3 Å². The van der Waals surface area contributed by atoms with E-state index in [0.717, 1.165) is 24.8 Å². The molecule has 1 amide bonds. The molecule has 310 valence electrons. The molecule has 0 aliphatic carbocycles. The fraction of sp³-hybridized carbons (Fsp3) is 0.400. The van der Waals surface area contributed by atoms with E-state index in [9.17, 15) is 19.7 Å². The minimum absolute atomic E-state index is 0.125. The molecule has 59 heavy (non-hydrogen) atoms. The van der Waals surface area contributed by atoms with Crippen LogP contribution in [0, 0.1) is 21.7 Å². The molecule has 4 aromatic rings. The van der Waals surface area contributed by atoms with Gasteiger partial charge in [0.1, 0.15) is 24.2 Å². The highest BCUT2D eigenvalue weighted by Crippen LogP contribution is 2.38. The van der Waals surface area contributed by atoms with Crippen LogP contribution in [-0.2, 0) is 9.53 Å². The molecule has 2 fully saturated rings. The zero-order valence-electron chi connectivity index (χ0n) is 33.2. The van der Waals surface area contributed by atoms with E-state index in [0.29, 0.717) is 66.8 Å². The third-order valence-corrected chi connectivity index (χ3v) is 10.6. The SMILES string of the molecule is COc1cc(OC)c(F)c(-c2cc3cnc(Nc4ccc(N5CCOCC5)cn4)nc3n(C3CCN(C(=O)/C=C/C[N+](C)(C)CC4=C([N+](=O)[O-])N=CC4)CC3)c2=O)c1F. The van der Waals surface area contributed by atoms with Crippen molar-refractivity contribution in [2.45, 2.75) is 25.3 Å². The number of nitrogens with zero attached hydrogens (tertiary/aromatic N) is 9. The summed E-state index contributed by atoms with van der Waals surface area (Å²) in [6.07, 6.45) is 9.07. The lowest BCUT2D eigenvalue weighted by Gasteiger charge is -2.33. The Morgan fingerprint density at radius 3 is 2.41 bits per heavy atom. The molecule has 2 saturated heterocycles. The van der Waals surface area contributed by atoms with Gasteiger partial charge >= 0.3 is 5.82 Å². The Balaban J connectivity index is 1.16. The number of halogens is 2. The molecule has 6 heterocycles. The topological polar surface area (TPSA) is 179 Å². The summed E-state index contributed by atoms with van der Waals surface area (Å²) in [7, 11) is 6.30. The van der Waals surface area contributed by atoms with Crippen LogP contribution < -0.4 is 25.2 Å². The van der Waals surface area contributed by atoms with Crippen molar-refractivity contribution in [3.05, 3.63) is 92.3 Å². The second-order valence-electron chi connectivity index (χ2n) is 15.1. The minimum atomic E-state index is -1.07. The Morgan fingerprint density at radius 1 is 1.05 bits per heavy atom. The first kappa shape index (κ1) is 40.8. The zero-order chi connectivity index (χ0) is 41.8. The first-order valence-corrected chi connectivity index (χ1v) is 19.1. The number of ether oxygens (including phenoxy) is 3. The van der Waals surface area contributed by atoms with Gasteiger partial charge in [0.25, 0.3) is 5.56 Å². The normalized spacial score (nSPS) is 16.4. The van der Waals surface area contributed by atoms with Gasteiger partial charge in [0.15, 0.2) is 23.1 Å². The quantitative estimate of drug-likeness (QED) is 0.0867. The number of quaternary nitrogens is 1.